The molecule has 0 saturated carbocycles. The van der Waals surface area contributed by atoms with Gasteiger partial charge < -0.3 is 4.74 Å². The third-order valence-corrected chi connectivity index (χ3v) is 4.07. The minimum Gasteiger partial charge on any atom is -0.489 e. The largest absolute Gasteiger partial charge is 0.489 e. The fourth-order valence-electron chi connectivity index (χ4n) is 2.70. The molecule has 0 fully saturated rings. The lowest BCUT2D eigenvalue weighted by atomic mass is 10.1. The summed E-state index contributed by atoms with van der Waals surface area (Å²) >= 11 is 0. The molecule has 0 radical (unpaired) electrons. The SMILES string of the molecule is Cc1ccc(COc2ccc(Cc3ccccc3)cc2)c(C)c1. The Morgan fingerprint density at radius 2 is 1.43 bits per heavy atom. The van der Waals surface area contributed by atoms with Gasteiger partial charge in [0, 0.05) is 0 Å². The maximum atomic E-state index is 5.92. The summed E-state index contributed by atoms with van der Waals surface area (Å²) in [5, 5.41) is 0. The Balaban J connectivity index is 1.61. The van der Waals surface area contributed by atoms with E-state index in [2.05, 4.69) is 80.6 Å². The number of aryl methyl sites for hydroxylation is 2. The first-order valence-electron chi connectivity index (χ1n) is 8.02. The van der Waals surface area contributed by atoms with Gasteiger partial charge >= 0.3 is 0 Å². The molecule has 3 aromatic carbocycles. The second kappa shape index (κ2) is 7.15. The van der Waals surface area contributed by atoms with Crippen molar-refractivity contribution in [2.24, 2.45) is 0 Å². The van der Waals surface area contributed by atoms with E-state index in [0.717, 1.165) is 12.2 Å². The lowest BCUT2D eigenvalue weighted by Gasteiger charge is -2.10. The molecule has 0 aromatic heterocycles. The van der Waals surface area contributed by atoms with Gasteiger partial charge in [-0.15, -0.1) is 0 Å². The first-order chi connectivity index (χ1) is 11.2. The fourth-order valence-corrected chi connectivity index (χ4v) is 2.70. The van der Waals surface area contributed by atoms with Crippen LogP contribution >= 0.6 is 0 Å². The van der Waals surface area contributed by atoms with Gasteiger partial charge in [0.05, 0.1) is 0 Å². The summed E-state index contributed by atoms with van der Waals surface area (Å²) < 4.78 is 5.92. The highest BCUT2D eigenvalue weighted by Crippen LogP contribution is 2.18. The van der Waals surface area contributed by atoms with Crippen LogP contribution in [0, 0.1) is 13.8 Å². The minimum atomic E-state index is 0.615. The Labute approximate surface area is 138 Å². The highest BCUT2D eigenvalue weighted by atomic mass is 16.5. The van der Waals surface area contributed by atoms with Gasteiger partial charge in [-0.3, -0.25) is 0 Å². The van der Waals surface area contributed by atoms with E-state index in [9.17, 15) is 0 Å². The van der Waals surface area contributed by atoms with E-state index < -0.39 is 0 Å². The molecule has 1 nitrogen and oxygen atoms in total. The van der Waals surface area contributed by atoms with E-state index >= 15 is 0 Å². The van der Waals surface area contributed by atoms with Crippen LogP contribution in [0.3, 0.4) is 0 Å². The molecule has 0 aliphatic heterocycles. The standard InChI is InChI=1S/C22H22O/c1-17-8-11-21(18(2)14-17)16-23-22-12-9-20(10-13-22)15-19-6-4-3-5-7-19/h3-14H,15-16H2,1-2H3. The summed E-state index contributed by atoms with van der Waals surface area (Å²) in [6.07, 6.45) is 0.957. The smallest absolute Gasteiger partial charge is 0.119 e. The van der Waals surface area contributed by atoms with Crippen LogP contribution in [-0.4, -0.2) is 0 Å². The van der Waals surface area contributed by atoms with Crippen molar-refractivity contribution >= 4 is 0 Å². The third-order valence-electron chi connectivity index (χ3n) is 4.07. The fraction of sp³-hybridized carbons (Fsp3) is 0.182. The number of hydrogen-bond acceptors (Lipinski definition) is 1. The molecular weight excluding hydrogens is 280 g/mol. The number of benzene rings is 3. The minimum absolute atomic E-state index is 0.615. The zero-order valence-electron chi connectivity index (χ0n) is 13.8. The van der Waals surface area contributed by atoms with Crippen molar-refractivity contribution in [2.75, 3.05) is 0 Å². The second-order valence-electron chi connectivity index (χ2n) is 6.02. The summed E-state index contributed by atoms with van der Waals surface area (Å²) in [6.45, 7) is 4.86. The second-order valence-corrected chi connectivity index (χ2v) is 6.02. The van der Waals surface area contributed by atoms with E-state index in [1.54, 1.807) is 0 Å². The Kier molecular flexibility index (Phi) is 4.77. The van der Waals surface area contributed by atoms with Crippen molar-refractivity contribution in [2.45, 2.75) is 26.9 Å². The maximum Gasteiger partial charge on any atom is 0.119 e. The van der Waals surface area contributed by atoms with Crippen LogP contribution in [0.15, 0.2) is 72.8 Å². The van der Waals surface area contributed by atoms with Crippen molar-refractivity contribution in [3.8, 4) is 5.75 Å². The van der Waals surface area contributed by atoms with Gasteiger partial charge in [0.2, 0.25) is 0 Å². The predicted molar refractivity (Wildman–Crippen MR) is 95.9 cm³/mol. The first-order valence-corrected chi connectivity index (χ1v) is 8.02. The van der Waals surface area contributed by atoms with Crippen molar-refractivity contribution in [1.82, 2.24) is 0 Å². The van der Waals surface area contributed by atoms with E-state index in [1.165, 1.54) is 27.8 Å². The lowest BCUT2D eigenvalue weighted by molar-refractivity contribution is 0.305. The summed E-state index contributed by atoms with van der Waals surface area (Å²) in [5.74, 6) is 0.918. The van der Waals surface area contributed by atoms with Crippen molar-refractivity contribution in [3.63, 3.8) is 0 Å². The number of hydrogen-bond donors (Lipinski definition) is 0. The third kappa shape index (κ3) is 4.23. The van der Waals surface area contributed by atoms with Gasteiger partial charge in [-0.1, -0.05) is 66.2 Å². The van der Waals surface area contributed by atoms with Gasteiger partial charge in [0.1, 0.15) is 12.4 Å². The maximum absolute atomic E-state index is 5.92. The average molecular weight is 302 g/mol. The molecule has 0 unspecified atom stereocenters. The molecule has 0 bridgehead atoms. The zero-order chi connectivity index (χ0) is 16.1. The highest BCUT2D eigenvalue weighted by molar-refractivity contribution is 5.33. The van der Waals surface area contributed by atoms with Crippen LogP contribution in [-0.2, 0) is 13.0 Å². The van der Waals surface area contributed by atoms with Crippen LogP contribution in [0.25, 0.3) is 0 Å². The van der Waals surface area contributed by atoms with Crippen molar-refractivity contribution in [3.05, 3.63) is 101 Å². The Morgan fingerprint density at radius 3 is 2.13 bits per heavy atom. The van der Waals surface area contributed by atoms with E-state index in [4.69, 9.17) is 4.74 Å². The molecule has 116 valence electrons. The molecule has 0 aliphatic rings. The Hall–Kier alpha value is -2.54. The average Bonchev–Trinajstić information content (AvgIpc) is 2.56. The van der Waals surface area contributed by atoms with Gasteiger partial charge in [-0.05, 0) is 54.7 Å². The van der Waals surface area contributed by atoms with Crippen LogP contribution in [0.2, 0.25) is 0 Å². The topological polar surface area (TPSA) is 9.23 Å². The molecule has 3 aromatic rings. The lowest BCUT2D eigenvalue weighted by Crippen LogP contribution is -1.98. The number of ether oxygens (including phenoxy) is 1. The quantitative estimate of drug-likeness (QED) is 0.607. The van der Waals surface area contributed by atoms with Crippen molar-refractivity contribution < 1.29 is 4.74 Å². The molecule has 0 heterocycles. The molecule has 0 N–H and O–H groups in total. The van der Waals surface area contributed by atoms with Gasteiger partial charge in [0.15, 0.2) is 0 Å². The molecule has 0 saturated heterocycles. The molecule has 3 rings (SSSR count). The molecule has 0 amide bonds. The normalized spacial score (nSPS) is 10.5. The van der Waals surface area contributed by atoms with Crippen LogP contribution < -0.4 is 4.74 Å². The van der Waals surface area contributed by atoms with Gasteiger partial charge in [-0.2, -0.15) is 0 Å². The number of rotatable bonds is 5. The molecule has 0 spiro atoms. The molecule has 0 aliphatic carbocycles. The van der Waals surface area contributed by atoms with Crippen LogP contribution in [0.5, 0.6) is 5.75 Å². The van der Waals surface area contributed by atoms with Gasteiger partial charge in [0.25, 0.3) is 0 Å². The highest BCUT2D eigenvalue weighted by Gasteiger charge is 2.01. The summed E-state index contributed by atoms with van der Waals surface area (Å²) in [4.78, 5) is 0. The van der Waals surface area contributed by atoms with Crippen LogP contribution in [0.1, 0.15) is 27.8 Å². The van der Waals surface area contributed by atoms with E-state index in [-0.39, 0.29) is 0 Å². The molecule has 23 heavy (non-hydrogen) atoms. The summed E-state index contributed by atoms with van der Waals surface area (Å²) in [5.41, 5.74) is 6.44. The summed E-state index contributed by atoms with van der Waals surface area (Å²) in [7, 11) is 0. The van der Waals surface area contributed by atoms with Crippen molar-refractivity contribution in [1.29, 1.82) is 0 Å². The van der Waals surface area contributed by atoms with E-state index in [1.807, 2.05) is 6.07 Å². The molecule has 0 atom stereocenters. The Morgan fingerprint density at radius 1 is 0.739 bits per heavy atom. The van der Waals surface area contributed by atoms with Crippen LogP contribution in [0.4, 0.5) is 0 Å². The monoisotopic (exact) mass is 302 g/mol. The molecule has 1 heteroatoms. The zero-order valence-corrected chi connectivity index (χ0v) is 13.8. The summed E-state index contributed by atoms with van der Waals surface area (Å²) in [6, 6.07) is 25.4. The predicted octanol–water partition coefficient (Wildman–Crippen LogP) is 5.47. The Bertz CT molecular complexity index is 758. The molecular formula is C22H22O. The van der Waals surface area contributed by atoms with Gasteiger partial charge in [-0.25, -0.2) is 0 Å². The first kappa shape index (κ1) is 15.4. The van der Waals surface area contributed by atoms with E-state index in [0.29, 0.717) is 6.61 Å².